The van der Waals surface area contributed by atoms with Crippen molar-refractivity contribution in [1.82, 2.24) is 35.7 Å². The van der Waals surface area contributed by atoms with E-state index in [1.165, 1.54) is 64.1 Å². The summed E-state index contributed by atoms with van der Waals surface area (Å²) in [6.07, 6.45) is 9.17. The van der Waals surface area contributed by atoms with E-state index in [1.54, 1.807) is 0 Å². The van der Waals surface area contributed by atoms with Crippen molar-refractivity contribution in [3.8, 4) is 22.3 Å². The first-order chi connectivity index (χ1) is 30.1. The Labute approximate surface area is 364 Å². The molecule has 4 N–H and O–H groups in total. The maximum Gasteiger partial charge on any atom is 0.407 e. The molecule has 4 heterocycles. The molecule has 5 aliphatic rings. The lowest BCUT2D eigenvalue weighted by molar-refractivity contribution is -0.136. The molecule has 5 aromatic rings. The van der Waals surface area contributed by atoms with Crippen molar-refractivity contribution >= 4 is 45.4 Å². The Bertz CT molecular complexity index is 2610. The van der Waals surface area contributed by atoms with Crippen LogP contribution in [0.5, 0.6) is 0 Å². The molecule has 11 heteroatoms. The lowest BCUT2D eigenvalue weighted by Gasteiger charge is -2.34. The van der Waals surface area contributed by atoms with Gasteiger partial charge < -0.3 is 35.5 Å². The smallest absolute Gasteiger partial charge is 0.407 e. The number of nitrogens with one attached hydrogen (secondary N) is 4. The third kappa shape index (κ3) is 6.97. The molecule has 11 nitrogen and oxygen atoms in total. The second-order valence-electron chi connectivity index (χ2n) is 19.0. The maximum atomic E-state index is 13.9. The number of imidazole rings is 1. The summed E-state index contributed by atoms with van der Waals surface area (Å²) in [6, 6.07) is 23.9. The van der Waals surface area contributed by atoms with Gasteiger partial charge in [-0.2, -0.15) is 0 Å². The van der Waals surface area contributed by atoms with Gasteiger partial charge in [0.25, 0.3) is 0 Å². The Morgan fingerprint density at radius 2 is 1.60 bits per heavy atom. The molecule has 0 radical (unpaired) electrons. The van der Waals surface area contributed by atoms with Crippen LogP contribution in [-0.2, 0) is 20.7 Å². The predicted octanol–water partition coefficient (Wildman–Crippen LogP) is 9.00. The molecule has 3 fully saturated rings. The highest BCUT2D eigenvalue weighted by atomic mass is 16.5. The summed E-state index contributed by atoms with van der Waals surface area (Å²) < 4.78 is 4.84. The number of hydrogen-bond acceptors (Lipinski definition) is 7. The van der Waals surface area contributed by atoms with Crippen molar-refractivity contribution < 1.29 is 19.1 Å². The normalized spacial score (nSPS) is 23.3. The van der Waals surface area contributed by atoms with Gasteiger partial charge >= 0.3 is 6.09 Å². The summed E-state index contributed by atoms with van der Waals surface area (Å²) in [7, 11) is 1.32. The number of likely N-dealkylation sites (tertiary alicyclic amines) is 2. The number of methoxy groups -OCH3 is 1. The molecule has 6 atom stereocenters. The SMILES string of the molecule is COC(=O)N[C@H](C(=O)N1CCC[C@H]1C1NC=C(c2ccc(-c3ccc(-c4ccc5nc([C@@H]6CCCN6C(=O)CC(C)C)[nH]c5c4)c4c3C3CCC3C4)c3ccccc23)N1)C(C)C. The van der Waals surface area contributed by atoms with Crippen LogP contribution in [0.1, 0.15) is 107 Å². The number of benzene rings is 4. The Morgan fingerprint density at radius 1 is 0.855 bits per heavy atom. The summed E-state index contributed by atoms with van der Waals surface area (Å²) in [4.78, 5) is 51.8. The Balaban J connectivity index is 0.935. The number of ether oxygens (including phenoxy) is 1. The number of amides is 3. The number of hydrogen-bond donors (Lipinski definition) is 4. The Kier molecular flexibility index (Phi) is 10.5. The molecule has 0 spiro atoms. The fraction of sp³-hybridized carbons (Fsp3) is 0.451. The predicted molar refractivity (Wildman–Crippen MR) is 244 cm³/mol. The number of fused-ring (bicyclic) bond motifs is 5. The molecule has 62 heavy (non-hydrogen) atoms. The highest BCUT2D eigenvalue weighted by molar-refractivity contribution is 6.04. The van der Waals surface area contributed by atoms with Crippen LogP contribution in [0.15, 0.2) is 72.9 Å². The molecule has 2 saturated heterocycles. The van der Waals surface area contributed by atoms with Gasteiger partial charge in [0.05, 0.1) is 35.9 Å². The third-order valence-electron chi connectivity index (χ3n) is 14.5. The topological polar surface area (TPSA) is 132 Å². The van der Waals surface area contributed by atoms with E-state index in [0.29, 0.717) is 30.7 Å². The number of aromatic nitrogens is 2. The summed E-state index contributed by atoms with van der Waals surface area (Å²) in [5.41, 5.74) is 12.2. The zero-order chi connectivity index (χ0) is 42.8. The molecule has 3 amide bonds. The molecule has 322 valence electrons. The van der Waals surface area contributed by atoms with Crippen molar-refractivity contribution in [2.45, 2.75) is 109 Å². The van der Waals surface area contributed by atoms with E-state index in [1.807, 2.05) is 23.6 Å². The first-order valence-electron chi connectivity index (χ1n) is 22.9. The number of carbonyl (C=O) groups is 3. The van der Waals surface area contributed by atoms with Crippen molar-refractivity contribution in [3.05, 3.63) is 95.4 Å². The van der Waals surface area contributed by atoms with E-state index in [-0.39, 0.29) is 36.0 Å². The number of H-pyrrole nitrogens is 1. The van der Waals surface area contributed by atoms with Crippen molar-refractivity contribution in [2.24, 2.45) is 17.8 Å². The molecule has 1 aromatic heterocycles. The highest BCUT2D eigenvalue weighted by Gasteiger charge is 2.43. The van der Waals surface area contributed by atoms with Crippen molar-refractivity contribution in [3.63, 3.8) is 0 Å². The minimum absolute atomic E-state index is 0.00470. The van der Waals surface area contributed by atoms with Gasteiger partial charge in [-0.3, -0.25) is 9.59 Å². The van der Waals surface area contributed by atoms with Crippen LogP contribution in [0.25, 0.3) is 49.8 Å². The van der Waals surface area contributed by atoms with Crippen LogP contribution in [0.2, 0.25) is 0 Å². The zero-order valence-corrected chi connectivity index (χ0v) is 36.6. The third-order valence-corrected chi connectivity index (χ3v) is 14.5. The largest absolute Gasteiger partial charge is 0.453 e. The van der Waals surface area contributed by atoms with E-state index in [2.05, 4.69) is 108 Å². The van der Waals surface area contributed by atoms with Crippen LogP contribution in [0, 0.1) is 17.8 Å². The molecule has 3 aliphatic heterocycles. The fourth-order valence-corrected chi connectivity index (χ4v) is 11.3. The van der Waals surface area contributed by atoms with Crippen molar-refractivity contribution in [1.29, 1.82) is 0 Å². The minimum atomic E-state index is -0.659. The number of carbonyl (C=O) groups excluding carboxylic acids is 3. The summed E-state index contributed by atoms with van der Waals surface area (Å²) in [5.74, 6) is 2.54. The number of aromatic amines is 1. The van der Waals surface area contributed by atoms with Gasteiger partial charge in [-0.25, -0.2) is 9.78 Å². The summed E-state index contributed by atoms with van der Waals surface area (Å²) in [6.45, 7) is 9.54. The van der Waals surface area contributed by atoms with Crippen LogP contribution in [-0.4, -0.2) is 76.1 Å². The molecule has 3 unspecified atom stereocenters. The van der Waals surface area contributed by atoms with Crippen LogP contribution < -0.4 is 16.0 Å². The molecule has 1 saturated carbocycles. The highest BCUT2D eigenvalue weighted by Crippen LogP contribution is 2.56. The molecular weight excluding hydrogens is 775 g/mol. The quantitative estimate of drug-likeness (QED) is 0.111. The molecule has 2 aliphatic carbocycles. The zero-order valence-electron chi connectivity index (χ0n) is 36.6. The maximum absolute atomic E-state index is 13.9. The van der Waals surface area contributed by atoms with Crippen LogP contribution in [0.3, 0.4) is 0 Å². The van der Waals surface area contributed by atoms with Gasteiger partial charge in [0.1, 0.15) is 18.0 Å². The lowest BCUT2D eigenvalue weighted by atomic mass is 9.73. The van der Waals surface area contributed by atoms with Crippen LogP contribution >= 0.6 is 0 Å². The second kappa shape index (κ2) is 16.1. The standard InChI is InChI=1S/C51H59N7O4/c1-28(2)24-45(59)57-22-8-13-44(57)49-53-40-21-15-31(26-41(40)54-49)32-17-20-38(46-33-16-14-30(33)25-39(32)46)36-18-19-37(35-11-7-6-10-34(35)36)42-27-52-48(55-42)43-12-9-23-58(43)50(60)47(29(3)4)56-51(61)62-5/h6-7,10-11,15,17-21,26-30,33,43-44,47-48,52,55H,8-9,12-14,16,22-25H2,1-5H3,(H,53,54)(H,56,61)/t30?,33?,43-,44-,47-,48?/m0/s1. The van der Waals surface area contributed by atoms with Gasteiger partial charge in [0, 0.05) is 31.3 Å². The van der Waals surface area contributed by atoms with Crippen LogP contribution in [0.4, 0.5) is 4.79 Å². The Morgan fingerprint density at radius 3 is 2.35 bits per heavy atom. The average molecular weight is 834 g/mol. The number of alkyl carbamates (subject to hydrolysis) is 1. The van der Waals surface area contributed by atoms with Gasteiger partial charge in [-0.1, -0.05) is 82.3 Å². The Hall–Kier alpha value is -5.84. The van der Waals surface area contributed by atoms with E-state index in [9.17, 15) is 14.4 Å². The molecule has 4 aromatic carbocycles. The fourth-order valence-electron chi connectivity index (χ4n) is 11.3. The van der Waals surface area contributed by atoms with Gasteiger partial charge in [0.2, 0.25) is 11.8 Å². The second-order valence-corrected chi connectivity index (χ2v) is 19.0. The summed E-state index contributed by atoms with van der Waals surface area (Å²) >= 11 is 0. The first kappa shape index (κ1) is 40.2. The first-order valence-corrected chi connectivity index (χ1v) is 22.9. The van der Waals surface area contributed by atoms with E-state index in [0.717, 1.165) is 66.8 Å². The molecule has 10 rings (SSSR count). The van der Waals surface area contributed by atoms with E-state index >= 15 is 0 Å². The monoisotopic (exact) mass is 833 g/mol. The lowest BCUT2D eigenvalue weighted by Crippen LogP contribution is -2.57. The van der Waals surface area contributed by atoms with Crippen molar-refractivity contribution in [2.75, 3.05) is 20.2 Å². The molecule has 0 bridgehead atoms. The minimum Gasteiger partial charge on any atom is -0.453 e. The average Bonchev–Trinajstić information content (AvgIpc) is 4.11. The summed E-state index contributed by atoms with van der Waals surface area (Å²) in [5, 5.41) is 12.5. The number of nitrogens with zero attached hydrogens (tertiary/aromatic N) is 3. The van der Waals surface area contributed by atoms with Gasteiger partial charge in [-0.05, 0) is 125 Å². The van der Waals surface area contributed by atoms with E-state index < -0.39 is 12.1 Å². The van der Waals surface area contributed by atoms with E-state index in [4.69, 9.17) is 9.72 Å². The van der Waals surface area contributed by atoms with Gasteiger partial charge in [-0.15, -0.1) is 0 Å². The molecular formula is C51H59N7O4. The van der Waals surface area contributed by atoms with Gasteiger partial charge in [0.15, 0.2) is 0 Å². The number of rotatable bonds is 10.